The summed E-state index contributed by atoms with van der Waals surface area (Å²) in [5, 5.41) is 2.63. The second-order valence-electron chi connectivity index (χ2n) is 6.39. The molecule has 0 aliphatic rings. The number of hydrogen-bond donors (Lipinski definition) is 1. The van der Waals surface area contributed by atoms with Crippen molar-refractivity contribution in [1.82, 2.24) is 0 Å². The van der Waals surface area contributed by atoms with Crippen LogP contribution in [0.5, 0.6) is 5.75 Å². The molecule has 0 spiro atoms. The molecule has 0 heterocycles. The number of rotatable bonds is 5. The predicted molar refractivity (Wildman–Crippen MR) is 92.4 cm³/mol. The minimum absolute atomic E-state index is 0.00453. The van der Waals surface area contributed by atoms with Crippen LogP contribution >= 0.6 is 0 Å². The first kappa shape index (κ1) is 18.4. The third kappa shape index (κ3) is 5.60. The predicted octanol–water partition coefficient (Wildman–Crippen LogP) is 4.56. The van der Waals surface area contributed by atoms with Crippen LogP contribution in [-0.2, 0) is 11.3 Å². The molecule has 0 unspecified atom stereocenters. The van der Waals surface area contributed by atoms with Gasteiger partial charge in [0.2, 0.25) is 0 Å². The van der Waals surface area contributed by atoms with E-state index in [9.17, 15) is 14.0 Å². The number of amides is 1. The van der Waals surface area contributed by atoms with Crippen molar-refractivity contribution in [3.05, 3.63) is 59.4 Å². The highest BCUT2D eigenvalue weighted by atomic mass is 19.1. The largest absolute Gasteiger partial charge is 0.486 e. The van der Waals surface area contributed by atoms with Crippen molar-refractivity contribution in [2.45, 2.75) is 33.0 Å². The van der Waals surface area contributed by atoms with Crippen LogP contribution < -0.4 is 10.1 Å². The van der Waals surface area contributed by atoms with Crippen molar-refractivity contribution < 1.29 is 23.5 Å². The van der Waals surface area contributed by atoms with Crippen LogP contribution in [0, 0.1) is 5.82 Å². The Morgan fingerprint density at radius 1 is 1.20 bits per heavy atom. The summed E-state index contributed by atoms with van der Waals surface area (Å²) >= 11 is 0. The van der Waals surface area contributed by atoms with Gasteiger partial charge in [-0.3, -0.25) is 10.1 Å². The standard InChI is InChI=1S/C19H20FNO4/c1-19(2,3)25-18(23)21-15-8-4-6-13(10-15)12-24-16-9-5-7-14(11-22)17(16)20/h4-11H,12H2,1-3H3,(H,21,23). The van der Waals surface area contributed by atoms with E-state index in [0.29, 0.717) is 12.0 Å². The summed E-state index contributed by atoms with van der Waals surface area (Å²) in [5.41, 5.74) is 0.617. The van der Waals surface area contributed by atoms with E-state index >= 15 is 0 Å². The van der Waals surface area contributed by atoms with Crippen LogP contribution in [-0.4, -0.2) is 18.0 Å². The van der Waals surface area contributed by atoms with Gasteiger partial charge < -0.3 is 9.47 Å². The second kappa shape index (κ2) is 7.79. The van der Waals surface area contributed by atoms with Crippen LogP contribution in [0.1, 0.15) is 36.7 Å². The Hall–Kier alpha value is -2.89. The molecule has 2 aromatic carbocycles. The highest BCUT2D eigenvalue weighted by Gasteiger charge is 2.16. The first-order valence-electron chi connectivity index (χ1n) is 7.74. The summed E-state index contributed by atoms with van der Waals surface area (Å²) in [6.45, 7) is 5.42. The van der Waals surface area contributed by atoms with Crippen molar-refractivity contribution in [3.8, 4) is 5.75 Å². The molecule has 0 aliphatic carbocycles. The molecule has 0 radical (unpaired) electrons. The highest BCUT2D eigenvalue weighted by molar-refractivity contribution is 5.84. The van der Waals surface area contributed by atoms with Gasteiger partial charge in [0.15, 0.2) is 17.9 Å². The van der Waals surface area contributed by atoms with Gasteiger partial charge in [0.1, 0.15) is 12.2 Å². The molecule has 0 fully saturated rings. The average Bonchev–Trinajstić information content (AvgIpc) is 2.52. The third-order valence-corrected chi connectivity index (χ3v) is 3.09. The monoisotopic (exact) mass is 345 g/mol. The Morgan fingerprint density at radius 2 is 1.92 bits per heavy atom. The van der Waals surface area contributed by atoms with Gasteiger partial charge in [-0.1, -0.05) is 18.2 Å². The fourth-order valence-corrected chi connectivity index (χ4v) is 2.05. The zero-order valence-electron chi connectivity index (χ0n) is 14.3. The van der Waals surface area contributed by atoms with Crippen molar-refractivity contribution >= 4 is 18.1 Å². The molecule has 25 heavy (non-hydrogen) atoms. The molecule has 5 nitrogen and oxygen atoms in total. The van der Waals surface area contributed by atoms with E-state index in [2.05, 4.69) is 5.32 Å². The Balaban J connectivity index is 2.02. The summed E-state index contributed by atoms with van der Waals surface area (Å²) < 4.78 is 24.6. The minimum Gasteiger partial charge on any atom is -0.486 e. The lowest BCUT2D eigenvalue weighted by atomic mass is 10.2. The van der Waals surface area contributed by atoms with Crippen molar-refractivity contribution in [2.75, 3.05) is 5.32 Å². The van der Waals surface area contributed by atoms with Crippen molar-refractivity contribution in [2.24, 2.45) is 0 Å². The molecule has 2 rings (SSSR count). The molecule has 6 heteroatoms. The zero-order valence-corrected chi connectivity index (χ0v) is 14.3. The molecule has 1 N–H and O–H groups in total. The maximum absolute atomic E-state index is 14.0. The molecule has 132 valence electrons. The highest BCUT2D eigenvalue weighted by Crippen LogP contribution is 2.21. The minimum atomic E-state index is -0.694. The summed E-state index contributed by atoms with van der Waals surface area (Å²) in [5.74, 6) is -0.698. The van der Waals surface area contributed by atoms with Gasteiger partial charge in [-0.15, -0.1) is 0 Å². The normalized spacial score (nSPS) is 10.9. The van der Waals surface area contributed by atoms with Gasteiger partial charge in [-0.05, 0) is 50.6 Å². The third-order valence-electron chi connectivity index (χ3n) is 3.09. The maximum atomic E-state index is 14.0. The number of aldehydes is 1. The summed E-state index contributed by atoms with van der Waals surface area (Å²) in [6, 6.07) is 11.3. The van der Waals surface area contributed by atoms with Crippen LogP contribution in [0.4, 0.5) is 14.9 Å². The Kier molecular flexibility index (Phi) is 5.75. The molecule has 0 aromatic heterocycles. The molecule has 0 bridgehead atoms. The number of nitrogens with one attached hydrogen (secondary N) is 1. The fraction of sp³-hybridized carbons (Fsp3) is 0.263. The van der Waals surface area contributed by atoms with Crippen LogP contribution in [0.25, 0.3) is 0 Å². The van der Waals surface area contributed by atoms with Crippen LogP contribution in [0.15, 0.2) is 42.5 Å². The van der Waals surface area contributed by atoms with Gasteiger partial charge in [0, 0.05) is 5.69 Å². The molecule has 0 saturated heterocycles. The lowest BCUT2D eigenvalue weighted by Gasteiger charge is -2.19. The number of hydrogen-bond acceptors (Lipinski definition) is 4. The molecular formula is C19H20FNO4. The quantitative estimate of drug-likeness (QED) is 0.807. The van der Waals surface area contributed by atoms with Gasteiger partial charge in [-0.2, -0.15) is 0 Å². The van der Waals surface area contributed by atoms with E-state index in [1.54, 1.807) is 51.1 Å². The van der Waals surface area contributed by atoms with E-state index < -0.39 is 17.5 Å². The first-order chi connectivity index (χ1) is 11.8. The molecule has 0 saturated carbocycles. The molecule has 0 aliphatic heterocycles. The SMILES string of the molecule is CC(C)(C)OC(=O)Nc1cccc(COc2cccc(C=O)c2F)c1. The Bertz CT molecular complexity index is 768. The summed E-state index contributed by atoms with van der Waals surface area (Å²) in [6.07, 6.45) is -0.122. The maximum Gasteiger partial charge on any atom is 0.412 e. The number of ether oxygens (including phenoxy) is 2. The average molecular weight is 345 g/mol. The number of anilines is 1. The molecule has 0 atom stereocenters. The van der Waals surface area contributed by atoms with E-state index in [1.165, 1.54) is 12.1 Å². The van der Waals surface area contributed by atoms with Gasteiger partial charge in [0.05, 0.1) is 5.56 Å². The lowest BCUT2D eigenvalue weighted by molar-refractivity contribution is 0.0635. The number of carbonyl (C=O) groups excluding carboxylic acids is 2. The number of halogens is 1. The van der Waals surface area contributed by atoms with E-state index in [4.69, 9.17) is 9.47 Å². The van der Waals surface area contributed by atoms with Crippen LogP contribution in [0.2, 0.25) is 0 Å². The van der Waals surface area contributed by atoms with Gasteiger partial charge in [0.25, 0.3) is 0 Å². The summed E-state index contributed by atoms with van der Waals surface area (Å²) in [4.78, 5) is 22.5. The molecular weight excluding hydrogens is 325 g/mol. The van der Waals surface area contributed by atoms with Crippen LogP contribution in [0.3, 0.4) is 0 Å². The smallest absolute Gasteiger partial charge is 0.412 e. The Labute approximate surface area is 145 Å². The topological polar surface area (TPSA) is 64.6 Å². The van der Waals surface area contributed by atoms with E-state index in [0.717, 1.165) is 5.56 Å². The van der Waals surface area contributed by atoms with E-state index in [1.807, 2.05) is 0 Å². The van der Waals surface area contributed by atoms with Gasteiger partial charge >= 0.3 is 6.09 Å². The van der Waals surface area contributed by atoms with Crippen molar-refractivity contribution in [3.63, 3.8) is 0 Å². The molecule has 2 aromatic rings. The number of carbonyl (C=O) groups is 2. The lowest BCUT2D eigenvalue weighted by Crippen LogP contribution is -2.27. The fourth-order valence-electron chi connectivity index (χ4n) is 2.05. The zero-order chi connectivity index (χ0) is 18.4. The van der Waals surface area contributed by atoms with Gasteiger partial charge in [-0.25, -0.2) is 9.18 Å². The second-order valence-corrected chi connectivity index (χ2v) is 6.39. The number of benzene rings is 2. The Morgan fingerprint density at radius 3 is 2.60 bits per heavy atom. The van der Waals surface area contributed by atoms with Crippen molar-refractivity contribution in [1.29, 1.82) is 0 Å². The first-order valence-corrected chi connectivity index (χ1v) is 7.74. The molecule has 1 amide bonds. The summed E-state index contributed by atoms with van der Waals surface area (Å²) in [7, 11) is 0. The van der Waals surface area contributed by atoms with E-state index in [-0.39, 0.29) is 17.9 Å².